The number of hydrogen-bond donors (Lipinski definition) is 3. The Hall–Kier alpha value is -2.88. The van der Waals surface area contributed by atoms with Gasteiger partial charge in [-0.1, -0.05) is 43.1 Å². The molecule has 0 aliphatic rings. The van der Waals surface area contributed by atoms with Crippen LogP contribution in [0.25, 0.3) is 11.3 Å². The Bertz CT molecular complexity index is 1190. The fourth-order valence-corrected chi connectivity index (χ4v) is 4.15. The number of nitrogens with zero attached hydrogens (tertiary/aromatic N) is 4. The number of esters is 1. The van der Waals surface area contributed by atoms with Crippen LogP contribution in [-0.4, -0.2) is 43.9 Å². The standard InChI is InChI=1S/C26H35Cl2N7O2/c1-16(2)11-21(25(36)37-26(3,4)5)30-9-10-35-15-17(12-33-35)22-14-31-23(29)24(34-22)32-13-18-19(27)7-6-8-20(18)28/h6-8,12,14-16,21,30H,9-11,13H2,1-5H3,(H2,29,31)(H,32,34). The predicted molar refractivity (Wildman–Crippen MR) is 149 cm³/mol. The van der Waals surface area contributed by atoms with Crippen LogP contribution in [0.1, 0.15) is 46.6 Å². The zero-order valence-corrected chi connectivity index (χ0v) is 23.4. The maximum absolute atomic E-state index is 12.6. The Morgan fingerprint density at radius 2 is 1.89 bits per heavy atom. The summed E-state index contributed by atoms with van der Waals surface area (Å²) in [6.07, 6.45) is 5.88. The van der Waals surface area contributed by atoms with Gasteiger partial charge in [0.25, 0.3) is 0 Å². The molecule has 4 N–H and O–H groups in total. The van der Waals surface area contributed by atoms with E-state index in [1.165, 1.54) is 0 Å². The fraction of sp³-hybridized carbons (Fsp3) is 0.462. The van der Waals surface area contributed by atoms with Crippen LogP contribution in [0.2, 0.25) is 10.0 Å². The summed E-state index contributed by atoms with van der Waals surface area (Å²) in [5.41, 5.74) is 7.66. The second-order valence-electron chi connectivity index (χ2n) is 10.2. The third kappa shape index (κ3) is 8.59. The Balaban J connectivity index is 1.63. The molecular formula is C26H35Cl2N7O2. The Morgan fingerprint density at radius 1 is 1.19 bits per heavy atom. The highest BCUT2D eigenvalue weighted by Crippen LogP contribution is 2.26. The van der Waals surface area contributed by atoms with Crippen molar-refractivity contribution in [2.24, 2.45) is 5.92 Å². The molecule has 0 spiro atoms. The predicted octanol–water partition coefficient (Wildman–Crippen LogP) is 5.19. The van der Waals surface area contributed by atoms with Crippen molar-refractivity contribution in [3.05, 3.63) is 52.4 Å². The van der Waals surface area contributed by atoms with Gasteiger partial charge in [0.2, 0.25) is 0 Å². The highest BCUT2D eigenvalue weighted by Gasteiger charge is 2.25. The number of nitrogens with two attached hydrogens (primary N) is 1. The van der Waals surface area contributed by atoms with Crippen molar-refractivity contribution in [2.75, 3.05) is 17.6 Å². The number of nitrogen functional groups attached to an aromatic ring is 1. The zero-order valence-electron chi connectivity index (χ0n) is 21.9. The molecule has 0 fully saturated rings. The van der Waals surface area contributed by atoms with Crippen LogP contribution in [0.5, 0.6) is 0 Å². The third-order valence-electron chi connectivity index (χ3n) is 5.35. The fourth-order valence-electron chi connectivity index (χ4n) is 3.62. The van der Waals surface area contributed by atoms with Gasteiger partial charge in [-0.15, -0.1) is 0 Å². The van der Waals surface area contributed by atoms with Gasteiger partial charge in [0.1, 0.15) is 11.6 Å². The van der Waals surface area contributed by atoms with E-state index in [2.05, 4.69) is 39.5 Å². The number of rotatable bonds is 11. The average Bonchev–Trinajstić information content (AvgIpc) is 3.26. The van der Waals surface area contributed by atoms with Crippen molar-refractivity contribution in [1.29, 1.82) is 0 Å². The van der Waals surface area contributed by atoms with Gasteiger partial charge >= 0.3 is 5.97 Å². The van der Waals surface area contributed by atoms with Gasteiger partial charge in [-0.05, 0) is 45.2 Å². The molecule has 0 radical (unpaired) electrons. The molecule has 0 saturated carbocycles. The highest BCUT2D eigenvalue weighted by atomic mass is 35.5. The van der Waals surface area contributed by atoms with E-state index in [1.54, 1.807) is 35.3 Å². The molecule has 9 nitrogen and oxygen atoms in total. The molecule has 0 aliphatic heterocycles. The summed E-state index contributed by atoms with van der Waals surface area (Å²) in [6, 6.07) is 4.96. The quantitative estimate of drug-likeness (QED) is 0.280. The summed E-state index contributed by atoms with van der Waals surface area (Å²) in [5.74, 6) is 0.804. The van der Waals surface area contributed by atoms with E-state index in [1.807, 2.05) is 27.0 Å². The van der Waals surface area contributed by atoms with E-state index in [0.29, 0.717) is 53.5 Å². The van der Waals surface area contributed by atoms with Crippen LogP contribution in [0.15, 0.2) is 36.8 Å². The monoisotopic (exact) mass is 547 g/mol. The molecule has 0 amide bonds. The lowest BCUT2D eigenvalue weighted by atomic mass is 10.0. The summed E-state index contributed by atoms with van der Waals surface area (Å²) in [6.45, 7) is 11.2. The van der Waals surface area contributed by atoms with Crippen LogP contribution in [0.3, 0.4) is 0 Å². The third-order valence-corrected chi connectivity index (χ3v) is 6.06. The number of carbonyl (C=O) groups is 1. The lowest BCUT2D eigenvalue weighted by molar-refractivity contribution is -0.158. The first kappa shape index (κ1) is 28.7. The molecule has 0 aliphatic carbocycles. The van der Waals surface area contributed by atoms with Gasteiger partial charge < -0.3 is 21.1 Å². The molecule has 0 saturated heterocycles. The Labute approximate surface area is 228 Å². The summed E-state index contributed by atoms with van der Waals surface area (Å²) < 4.78 is 7.37. The number of hydrogen-bond acceptors (Lipinski definition) is 8. The molecular weight excluding hydrogens is 513 g/mol. The summed E-state index contributed by atoms with van der Waals surface area (Å²) in [4.78, 5) is 21.5. The minimum atomic E-state index is -0.529. The van der Waals surface area contributed by atoms with Crippen molar-refractivity contribution in [1.82, 2.24) is 25.1 Å². The van der Waals surface area contributed by atoms with Gasteiger partial charge in [0.15, 0.2) is 11.6 Å². The number of carbonyl (C=O) groups excluding carboxylic acids is 1. The Kier molecular flexibility index (Phi) is 9.75. The van der Waals surface area contributed by atoms with Crippen molar-refractivity contribution in [2.45, 2.75) is 65.8 Å². The van der Waals surface area contributed by atoms with E-state index in [4.69, 9.17) is 33.7 Å². The number of nitrogens with one attached hydrogen (secondary N) is 2. The molecule has 1 unspecified atom stereocenters. The number of ether oxygens (including phenoxy) is 1. The summed E-state index contributed by atoms with van der Waals surface area (Å²) >= 11 is 12.5. The summed E-state index contributed by atoms with van der Waals surface area (Å²) in [5, 5.41) is 12.0. The SMILES string of the molecule is CC(C)CC(NCCn1cc(-c2cnc(N)c(NCc3c(Cl)cccc3Cl)n2)cn1)C(=O)OC(C)(C)C. The number of anilines is 2. The number of benzene rings is 1. The zero-order chi connectivity index (χ0) is 27.2. The average molecular weight is 549 g/mol. The van der Waals surface area contributed by atoms with E-state index in [0.717, 1.165) is 11.1 Å². The molecule has 1 atom stereocenters. The van der Waals surface area contributed by atoms with E-state index in [-0.39, 0.29) is 17.8 Å². The molecule has 0 bridgehead atoms. The largest absolute Gasteiger partial charge is 0.459 e. The number of halogens is 2. The van der Waals surface area contributed by atoms with Crippen LogP contribution in [-0.2, 0) is 22.6 Å². The van der Waals surface area contributed by atoms with E-state index < -0.39 is 5.60 Å². The second kappa shape index (κ2) is 12.6. The molecule has 37 heavy (non-hydrogen) atoms. The minimum Gasteiger partial charge on any atom is -0.459 e. The van der Waals surface area contributed by atoms with E-state index in [9.17, 15) is 4.79 Å². The highest BCUT2D eigenvalue weighted by molar-refractivity contribution is 6.36. The van der Waals surface area contributed by atoms with Crippen LogP contribution >= 0.6 is 23.2 Å². The Morgan fingerprint density at radius 3 is 2.54 bits per heavy atom. The van der Waals surface area contributed by atoms with Crippen molar-refractivity contribution < 1.29 is 9.53 Å². The lowest BCUT2D eigenvalue weighted by Gasteiger charge is -2.25. The first-order valence-corrected chi connectivity index (χ1v) is 13.0. The van der Waals surface area contributed by atoms with Crippen molar-refractivity contribution >= 4 is 40.8 Å². The van der Waals surface area contributed by atoms with Gasteiger partial charge in [-0.2, -0.15) is 5.10 Å². The maximum atomic E-state index is 12.6. The van der Waals surface area contributed by atoms with Gasteiger partial charge in [0, 0.05) is 40.5 Å². The van der Waals surface area contributed by atoms with Crippen LogP contribution < -0.4 is 16.4 Å². The van der Waals surface area contributed by atoms with Crippen molar-refractivity contribution in [3.63, 3.8) is 0 Å². The molecule has 2 aromatic heterocycles. The molecule has 1 aromatic carbocycles. The van der Waals surface area contributed by atoms with Crippen molar-refractivity contribution in [3.8, 4) is 11.3 Å². The molecule has 3 rings (SSSR count). The molecule has 3 aromatic rings. The topological polar surface area (TPSA) is 120 Å². The van der Waals surface area contributed by atoms with Crippen LogP contribution in [0.4, 0.5) is 11.6 Å². The van der Waals surface area contributed by atoms with E-state index >= 15 is 0 Å². The van der Waals surface area contributed by atoms with Gasteiger partial charge in [-0.3, -0.25) is 9.48 Å². The molecule has 2 heterocycles. The molecule has 200 valence electrons. The minimum absolute atomic E-state index is 0.238. The first-order chi connectivity index (χ1) is 17.4. The first-order valence-electron chi connectivity index (χ1n) is 12.2. The van der Waals surface area contributed by atoms with Gasteiger partial charge in [-0.25, -0.2) is 9.97 Å². The summed E-state index contributed by atoms with van der Waals surface area (Å²) in [7, 11) is 0. The van der Waals surface area contributed by atoms with Gasteiger partial charge in [0.05, 0.1) is 24.6 Å². The number of aromatic nitrogens is 4. The maximum Gasteiger partial charge on any atom is 0.323 e. The smallest absolute Gasteiger partial charge is 0.323 e. The molecule has 11 heteroatoms. The lowest BCUT2D eigenvalue weighted by Crippen LogP contribution is -2.43. The normalized spacial score (nSPS) is 12.5. The second-order valence-corrected chi connectivity index (χ2v) is 11.0. The van der Waals surface area contributed by atoms with Crippen LogP contribution in [0, 0.1) is 5.92 Å².